The summed E-state index contributed by atoms with van der Waals surface area (Å²) in [4.78, 5) is 0. The normalized spacial score (nSPS) is 11.8. The first-order valence-electron chi connectivity index (χ1n) is 6.30. The molecule has 0 aliphatic heterocycles. The number of ether oxygens (including phenoxy) is 1. The molecule has 108 valence electrons. The van der Waals surface area contributed by atoms with Gasteiger partial charge in [-0.1, -0.05) is 22.0 Å². The van der Waals surface area contributed by atoms with Crippen LogP contribution in [0, 0.1) is 17.1 Å². The van der Waals surface area contributed by atoms with E-state index in [1.54, 1.807) is 31.2 Å². The Morgan fingerprint density at radius 2 is 2.10 bits per heavy atom. The van der Waals surface area contributed by atoms with Crippen molar-refractivity contribution in [2.24, 2.45) is 0 Å². The Hall–Kier alpha value is -1.90. The summed E-state index contributed by atoms with van der Waals surface area (Å²) >= 11 is 3.33. The van der Waals surface area contributed by atoms with Crippen molar-refractivity contribution in [1.82, 2.24) is 0 Å². The van der Waals surface area contributed by atoms with Gasteiger partial charge in [-0.3, -0.25) is 0 Å². The largest absolute Gasteiger partial charge is 0.488 e. The Bertz CT molecular complexity index is 695. The van der Waals surface area contributed by atoms with Gasteiger partial charge in [0.1, 0.15) is 18.2 Å². The van der Waals surface area contributed by atoms with E-state index in [4.69, 9.17) is 10.00 Å². The third-order valence-corrected chi connectivity index (χ3v) is 3.48. The molecule has 0 saturated heterocycles. The van der Waals surface area contributed by atoms with E-state index in [1.807, 2.05) is 6.07 Å². The monoisotopic (exact) mass is 349 g/mol. The molecule has 0 spiro atoms. The number of nitriles is 1. The Morgan fingerprint density at radius 3 is 2.71 bits per heavy atom. The van der Waals surface area contributed by atoms with Gasteiger partial charge >= 0.3 is 0 Å². The van der Waals surface area contributed by atoms with Crippen LogP contribution in [0.2, 0.25) is 0 Å². The molecule has 0 bridgehead atoms. The maximum Gasteiger partial charge on any atom is 0.131 e. The van der Waals surface area contributed by atoms with Crippen molar-refractivity contribution < 1.29 is 14.2 Å². The number of hydrogen-bond acceptors (Lipinski definition) is 3. The second-order valence-corrected chi connectivity index (χ2v) is 5.48. The third-order valence-electron chi connectivity index (χ3n) is 2.99. The molecule has 0 aliphatic carbocycles. The van der Waals surface area contributed by atoms with Crippen LogP contribution in [0.15, 0.2) is 40.9 Å². The predicted octanol–water partition coefficient (Wildman–Crippen LogP) is 4.09. The minimum absolute atomic E-state index is 0.0267. The van der Waals surface area contributed by atoms with Gasteiger partial charge in [0.15, 0.2) is 0 Å². The molecule has 0 amide bonds. The van der Waals surface area contributed by atoms with Crippen molar-refractivity contribution in [1.29, 1.82) is 5.26 Å². The van der Waals surface area contributed by atoms with Crippen LogP contribution in [0.1, 0.15) is 29.7 Å². The quantitative estimate of drug-likeness (QED) is 0.904. The molecule has 0 aliphatic rings. The van der Waals surface area contributed by atoms with Crippen molar-refractivity contribution in [3.63, 3.8) is 0 Å². The van der Waals surface area contributed by atoms with E-state index in [-0.39, 0.29) is 12.2 Å². The van der Waals surface area contributed by atoms with Gasteiger partial charge in [-0.25, -0.2) is 4.39 Å². The number of benzene rings is 2. The number of aliphatic hydroxyl groups excluding tert-OH is 1. The molecule has 0 saturated carbocycles. The first kappa shape index (κ1) is 15.5. The van der Waals surface area contributed by atoms with Crippen LogP contribution in [0.5, 0.6) is 5.75 Å². The molecule has 1 atom stereocenters. The lowest BCUT2D eigenvalue weighted by Gasteiger charge is -2.14. The molecule has 2 aromatic carbocycles. The van der Waals surface area contributed by atoms with Crippen LogP contribution in [0.3, 0.4) is 0 Å². The van der Waals surface area contributed by atoms with Gasteiger partial charge in [0.2, 0.25) is 0 Å². The first-order valence-corrected chi connectivity index (χ1v) is 7.09. The lowest BCUT2D eigenvalue weighted by atomic mass is 10.1. The molecule has 0 heterocycles. The van der Waals surface area contributed by atoms with Gasteiger partial charge in [-0.05, 0) is 37.3 Å². The van der Waals surface area contributed by atoms with Gasteiger partial charge in [0.05, 0.1) is 17.7 Å². The summed E-state index contributed by atoms with van der Waals surface area (Å²) in [5, 5.41) is 18.4. The topological polar surface area (TPSA) is 53.2 Å². The molecule has 1 N–H and O–H groups in total. The summed E-state index contributed by atoms with van der Waals surface area (Å²) in [6.07, 6.45) is -0.691. The molecule has 0 fully saturated rings. The minimum atomic E-state index is -0.691. The average Bonchev–Trinajstić information content (AvgIpc) is 2.46. The zero-order chi connectivity index (χ0) is 15.4. The standard InChI is InChI=1S/C16H13BrFNO2/c1-10(20)14-7-13(17)4-5-16(14)21-9-12-3-2-11(8-19)6-15(12)18/h2-7,10,20H,9H2,1H3/t10-/m1/s1. The SMILES string of the molecule is C[C@@H](O)c1cc(Br)ccc1OCc1ccc(C#N)cc1F. The summed E-state index contributed by atoms with van der Waals surface area (Å²) in [7, 11) is 0. The van der Waals surface area contributed by atoms with Crippen LogP contribution >= 0.6 is 15.9 Å². The molecular weight excluding hydrogens is 337 g/mol. The van der Waals surface area contributed by atoms with Crippen LogP contribution < -0.4 is 4.74 Å². The number of halogens is 2. The van der Waals surface area contributed by atoms with Crippen molar-refractivity contribution in [2.45, 2.75) is 19.6 Å². The molecule has 5 heteroatoms. The Kier molecular flexibility index (Phi) is 4.94. The number of nitrogens with zero attached hydrogens (tertiary/aromatic N) is 1. The van der Waals surface area contributed by atoms with Gasteiger partial charge in [0, 0.05) is 15.6 Å². The van der Waals surface area contributed by atoms with Crippen LogP contribution in [0.25, 0.3) is 0 Å². The molecule has 21 heavy (non-hydrogen) atoms. The molecule has 3 nitrogen and oxygen atoms in total. The van der Waals surface area contributed by atoms with E-state index in [9.17, 15) is 9.50 Å². The molecule has 2 rings (SSSR count). The van der Waals surface area contributed by atoms with E-state index >= 15 is 0 Å². The highest BCUT2D eigenvalue weighted by Gasteiger charge is 2.11. The van der Waals surface area contributed by atoms with Crippen LogP contribution in [0.4, 0.5) is 4.39 Å². The fourth-order valence-corrected chi connectivity index (χ4v) is 2.25. The van der Waals surface area contributed by atoms with E-state index in [2.05, 4.69) is 15.9 Å². The van der Waals surface area contributed by atoms with E-state index in [0.717, 1.165) is 4.47 Å². The first-order chi connectivity index (χ1) is 10.0. The molecule has 2 aromatic rings. The lowest BCUT2D eigenvalue weighted by Crippen LogP contribution is -2.03. The van der Waals surface area contributed by atoms with E-state index < -0.39 is 11.9 Å². The van der Waals surface area contributed by atoms with Gasteiger partial charge in [0.25, 0.3) is 0 Å². The van der Waals surface area contributed by atoms with Gasteiger partial charge in [-0.15, -0.1) is 0 Å². The summed E-state index contributed by atoms with van der Waals surface area (Å²) in [6.45, 7) is 1.66. The molecule has 0 aromatic heterocycles. The molecule has 0 radical (unpaired) electrons. The summed E-state index contributed by atoms with van der Waals surface area (Å²) in [5.74, 6) is 0.0155. The second kappa shape index (κ2) is 6.70. The maximum atomic E-state index is 13.8. The summed E-state index contributed by atoms with van der Waals surface area (Å²) in [6, 6.07) is 11.4. The summed E-state index contributed by atoms with van der Waals surface area (Å²) < 4.78 is 20.2. The number of hydrogen-bond donors (Lipinski definition) is 1. The van der Waals surface area contributed by atoms with Crippen molar-refractivity contribution in [3.05, 3.63) is 63.4 Å². The zero-order valence-corrected chi connectivity index (χ0v) is 12.9. The highest BCUT2D eigenvalue weighted by atomic mass is 79.9. The van der Waals surface area contributed by atoms with E-state index in [1.165, 1.54) is 12.1 Å². The van der Waals surface area contributed by atoms with Crippen LogP contribution in [-0.2, 0) is 6.61 Å². The Labute approximate surface area is 130 Å². The fraction of sp³-hybridized carbons (Fsp3) is 0.188. The van der Waals surface area contributed by atoms with Crippen molar-refractivity contribution >= 4 is 15.9 Å². The fourth-order valence-electron chi connectivity index (χ4n) is 1.87. The summed E-state index contributed by atoms with van der Waals surface area (Å²) in [5.41, 5.74) is 1.25. The van der Waals surface area contributed by atoms with Crippen molar-refractivity contribution in [2.75, 3.05) is 0 Å². The third kappa shape index (κ3) is 3.81. The zero-order valence-electron chi connectivity index (χ0n) is 11.3. The highest BCUT2D eigenvalue weighted by molar-refractivity contribution is 9.10. The maximum absolute atomic E-state index is 13.8. The molecule has 0 unspecified atom stereocenters. The number of aliphatic hydroxyl groups is 1. The Morgan fingerprint density at radius 1 is 1.33 bits per heavy atom. The second-order valence-electron chi connectivity index (χ2n) is 4.56. The van der Waals surface area contributed by atoms with Gasteiger partial charge in [-0.2, -0.15) is 5.26 Å². The lowest BCUT2D eigenvalue weighted by molar-refractivity contribution is 0.189. The minimum Gasteiger partial charge on any atom is -0.488 e. The average molecular weight is 350 g/mol. The van der Waals surface area contributed by atoms with Crippen molar-refractivity contribution in [3.8, 4) is 11.8 Å². The van der Waals surface area contributed by atoms with Gasteiger partial charge < -0.3 is 9.84 Å². The van der Waals surface area contributed by atoms with E-state index in [0.29, 0.717) is 16.9 Å². The van der Waals surface area contributed by atoms with Crippen LogP contribution in [-0.4, -0.2) is 5.11 Å². The predicted molar refractivity (Wildman–Crippen MR) is 80.2 cm³/mol. The highest BCUT2D eigenvalue weighted by Crippen LogP contribution is 2.29. The Balaban J connectivity index is 2.19. The smallest absolute Gasteiger partial charge is 0.131 e. The molecular formula is C16H13BrFNO2. The number of rotatable bonds is 4.